The number of rotatable bonds is 4. The zero-order valence-electron chi connectivity index (χ0n) is 16.8. The fraction of sp³-hybridized carbons (Fsp3) is 0.227. The van der Waals surface area contributed by atoms with Crippen molar-refractivity contribution in [3.63, 3.8) is 0 Å². The maximum absolute atomic E-state index is 13.5. The van der Waals surface area contributed by atoms with Crippen molar-refractivity contribution >= 4 is 40.7 Å². The zero-order chi connectivity index (χ0) is 22.7. The number of hydrogen-bond acceptors (Lipinski definition) is 4. The Bertz CT molecular complexity index is 1120. The normalized spacial score (nSPS) is 13.4. The first kappa shape index (κ1) is 22.3. The van der Waals surface area contributed by atoms with E-state index in [1.807, 2.05) is 41.3 Å². The number of nitrogens with one attached hydrogen (secondary N) is 2. The first-order valence-corrected chi connectivity index (χ1v) is 10.6. The van der Waals surface area contributed by atoms with Gasteiger partial charge in [0.25, 0.3) is 0 Å². The molecule has 0 bridgehead atoms. The Balaban J connectivity index is 1.51. The third kappa shape index (κ3) is 5.46. The lowest BCUT2D eigenvalue weighted by molar-refractivity contribution is -0.141. The molecule has 2 heterocycles. The third-order valence-corrected chi connectivity index (χ3v) is 5.55. The van der Waals surface area contributed by atoms with Crippen LogP contribution in [0.2, 0.25) is 5.02 Å². The molecule has 1 aliphatic heterocycles. The topological polar surface area (TPSA) is 53.1 Å². The summed E-state index contributed by atoms with van der Waals surface area (Å²) in [5, 5.41) is 6.35. The maximum atomic E-state index is 13.5. The lowest BCUT2D eigenvalue weighted by Gasteiger charge is -2.30. The van der Waals surface area contributed by atoms with Gasteiger partial charge in [-0.15, -0.1) is 0 Å². The molecule has 0 aliphatic carbocycles. The Morgan fingerprint density at radius 3 is 2.50 bits per heavy atom. The molecule has 5 nitrogen and oxygen atoms in total. The molecule has 3 aromatic rings. The molecule has 2 aromatic carbocycles. The summed E-state index contributed by atoms with van der Waals surface area (Å²) in [5.74, 6) is -0.00730. The Labute approximate surface area is 193 Å². The molecule has 32 heavy (non-hydrogen) atoms. The largest absolute Gasteiger partial charge is 0.433 e. The number of aromatic nitrogens is 2. The average Bonchev–Trinajstić information content (AvgIpc) is 2.77. The van der Waals surface area contributed by atoms with Gasteiger partial charge in [-0.25, -0.2) is 4.98 Å². The summed E-state index contributed by atoms with van der Waals surface area (Å²) in [5.41, 5.74) is 2.15. The van der Waals surface area contributed by atoms with E-state index in [1.54, 1.807) is 12.1 Å². The van der Waals surface area contributed by atoms with Gasteiger partial charge in [0.1, 0.15) is 5.82 Å². The summed E-state index contributed by atoms with van der Waals surface area (Å²) in [6.07, 6.45) is -3.88. The number of nitrogens with zero attached hydrogens (tertiary/aromatic N) is 3. The van der Waals surface area contributed by atoms with Crippen LogP contribution in [0.15, 0.2) is 54.6 Å². The van der Waals surface area contributed by atoms with E-state index < -0.39 is 11.9 Å². The van der Waals surface area contributed by atoms with Gasteiger partial charge in [0.2, 0.25) is 5.95 Å². The standard InChI is InChI=1S/C22H19ClF3N5S/c23-17-7-5-14(6-8-17)12-27-21(32)30-20-28-18(22(24,25)26)11-19(29-20)31-10-9-15-3-1-2-4-16(15)13-31/h1-8,11H,9-10,12-13H2,(H2,27,28,29,30,32). The molecule has 0 radical (unpaired) electrons. The van der Waals surface area contributed by atoms with Crippen molar-refractivity contribution in [2.75, 3.05) is 16.8 Å². The molecule has 0 saturated carbocycles. The fourth-order valence-corrected chi connectivity index (χ4v) is 3.71. The lowest BCUT2D eigenvalue weighted by atomic mass is 10.00. The summed E-state index contributed by atoms with van der Waals surface area (Å²) in [7, 11) is 0. The Hall–Kier alpha value is -2.91. The summed E-state index contributed by atoms with van der Waals surface area (Å²) < 4.78 is 40.5. The van der Waals surface area contributed by atoms with Crippen molar-refractivity contribution < 1.29 is 13.2 Å². The Morgan fingerprint density at radius 2 is 1.78 bits per heavy atom. The molecule has 0 amide bonds. The fourth-order valence-electron chi connectivity index (χ4n) is 3.42. The second-order valence-electron chi connectivity index (χ2n) is 7.31. The predicted molar refractivity (Wildman–Crippen MR) is 123 cm³/mol. The summed E-state index contributed by atoms with van der Waals surface area (Å²) >= 11 is 11.1. The minimum absolute atomic E-state index is 0.120. The SMILES string of the molecule is FC(F)(F)c1cc(N2CCc3ccccc3C2)nc(NC(=S)NCc2ccc(Cl)cc2)n1. The monoisotopic (exact) mass is 477 g/mol. The van der Waals surface area contributed by atoms with Crippen LogP contribution in [-0.2, 0) is 25.7 Å². The molecule has 4 rings (SSSR count). The minimum atomic E-state index is -4.61. The highest BCUT2D eigenvalue weighted by Gasteiger charge is 2.34. The van der Waals surface area contributed by atoms with E-state index in [1.165, 1.54) is 5.56 Å². The number of anilines is 2. The highest BCUT2D eigenvalue weighted by molar-refractivity contribution is 7.80. The summed E-state index contributed by atoms with van der Waals surface area (Å²) in [4.78, 5) is 9.75. The molecular formula is C22H19ClF3N5S. The van der Waals surface area contributed by atoms with Gasteiger partial charge in [-0.1, -0.05) is 48.0 Å². The van der Waals surface area contributed by atoms with Crippen molar-refractivity contribution in [1.82, 2.24) is 15.3 Å². The maximum Gasteiger partial charge on any atom is 0.433 e. The van der Waals surface area contributed by atoms with E-state index in [2.05, 4.69) is 20.6 Å². The van der Waals surface area contributed by atoms with Crippen LogP contribution in [-0.4, -0.2) is 21.6 Å². The molecule has 2 N–H and O–H groups in total. The lowest BCUT2D eigenvalue weighted by Crippen LogP contribution is -2.33. The van der Waals surface area contributed by atoms with Crippen molar-refractivity contribution in [2.45, 2.75) is 25.7 Å². The van der Waals surface area contributed by atoms with Gasteiger partial charge in [-0.05, 0) is 47.5 Å². The van der Waals surface area contributed by atoms with E-state index >= 15 is 0 Å². The minimum Gasteiger partial charge on any atom is -0.358 e. The van der Waals surface area contributed by atoms with Crippen LogP contribution in [0, 0.1) is 0 Å². The first-order valence-electron chi connectivity index (χ1n) is 9.85. The van der Waals surface area contributed by atoms with E-state index in [0.29, 0.717) is 24.7 Å². The van der Waals surface area contributed by atoms with Gasteiger partial charge in [0.05, 0.1) is 0 Å². The Morgan fingerprint density at radius 1 is 1.06 bits per heavy atom. The molecule has 1 aromatic heterocycles. The van der Waals surface area contributed by atoms with Crippen LogP contribution in [0.25, 0.3) is 0 Å². The number of benzene rings is 2. The van der Waals surface area contributed by atoms with Crippen LogP contribution in [0.5, 0.6) is 0 Å². The second-order valence-corrected chi connectivity index (χ2v) is 8.15. The first-order chi connectivity index (χ1) is 15.3. The van der Waals surface area contributed by atoms with Crippen molar-refractivity contribution in [1.29, 1.82) is 0 Å². The van der Waals surface area contributed by atoms with Crippen LogP contribution in [0.4, 0.5) is 24.9 Å². The number of alkyl halides is 3. The van der Waals surface area contributed by atoms with Crippen LogP contribution in [0.1, 0.15) is 22.4 Å². The number of thiocarbonyl (C=S) groups is 1. The number of fused-ring (bicyclic) bond motifs is 1. The molecule has 0 spiro atoms. The van der Waals surface area contributed by atoms with Crippen LogP contribution >= 0.6 is 23.8 Å². The van der Waals surface area contributed by atoms with Gasteiger partial charge >= 0.3 is 6.18 Å². The smallest absolute Gasteiger partial charge is 0.358 e. The molecular weight excluding hydrogens is 459 g/mol. The van der Waals surface area contributed by atoms with Gasteiger partial charge in [0.15, 0.2) is 10.8 Å². The molecule has 10 heteroatoms. The number of halogens is 4. The van der Waals surface area contributed by atoms with Crippen molar-refractivity contribution in [2.24, 2.45) is 0 Å². The molecule has 0 fully saturated rings. The molecule has 1 aliphatic rings. The van der Waals surface area contributed by atoms with Crippen molar-refractivity contribution in [3.8, 4) is 0 Å². The molecule has 0 atom stereocenters. The summed E-state index contributed by atoms with van der Waals surface area (Å²) in [6.45, 7) is 1.41. The molecule has 0 saturated heterocycles. The highest BCUT2D eigenvalue weighted by atomic mass is 35.5. The predicted octanol–water partition coefficient (Wildman–Crippen LogP) is 5.20. The third-order valence-electron chi connectivity index (χ3n) is 5.05. The summed E-state index contributed by atoms with van der Waals surface area (Å²) in [6, 6.07) is 16.0. The van der Waals surface area contributed by atoms with Crippen molar-refractivity contribution in [3.05, 3.63) is 82.0 Å². The van der Waals surface area contributed by atoms with Crippen LogP contribution < -0.4 is 15.5 Å². The van der Waals surface area contributed by atoms with E-state index in [-0.39, 0.29) is 16.9 Å². The van der Waals surface area contributed by atoms with Crippen LogP contribution in [0.3, 0.4) is 0 Å². The van der Waals surface area contributed by atoms with E-state index in [4.69, 9.17) is 23.8 Å². The number of hydrogen-bond donors (Lipinski definition) is 2. The quantitative estimate of drug-likeness (QED) is 0.504. The van der Waals surface area contributed by atoms with Gasteiger partial charge < -0.3 is 15.5 Å². The van der Waals surface area contributed by atoms with E-state index in [9.17, 15) is 13.2 Å². The molecule has 166 valence electrons. The average molecular weight is 478 g/mol. The van der Waals surface area contributed by atoms with E-state index in [0.717, 1.165) is 23.6 Å². The second kappa shape index (κ2) is 9.30. The van der Waals surface area contributed by atoms with Gasteiger partial charge in [-0.3, -0.25) is 0 Å². The zero-order valence-corrected chi connectivity index (χ0v) is 18.4. The Kier molecular flexibility index (Phi) is 6.48. The molecule has 0 unspecified atom stereocenters. The van der Waals surface area contributed by atoms with Gasteiger partial charge in [-0.2, -0.15) is 18.2 Å². The highest BCUT2D eigenvalue weighted by Crippen LogP contribution is 2.32. The van der Waals surface area contributed by atoms with Gasteiger partial charge in [0, 0.05) is 30.7 Å².